The quantitative estimate of drug-likeness (QED) is 0.161. The average molecular weight is 559 g/mol. The lowest BCUT2D eigenvalue weighted by Crippen LogP contribution is -2.60. The van der Waals surface area contributed by atoms with Crippen LogP contribution in [0.25, 0.3) is 0 Å². The topological polar surface area (TPSA) is 141 Å². The van der Waals surface area contributed by atoms with Gasteiger partial charge in [-0.3, -0.25) is 9.59 Å². The molecule has 0 heterocycles. The van der Waals surface area contributed by atoms with Crippen molar-refractivity contribution >= 4 is 11.8 Å². The third-order valence-electron chi connectivity index (χ3n) is 6.58. The molecule has 0 aliphatic heterocycles. The van der Waals surface area contributed by atoms with Crippen molar-refractivity contribution in [3.63, 3.8) is 0 Å². The minimum atomic E-state index is -1.79. The molecule has 0 fully saturated rings. The van der Waals surface area contributed by atoms with Crippen LogP contribution in [0.3, 0.4) is 0 Å². The van der Waals surface area contributed by atoms with Gasteiger partial charge in [-0.25, -0.2) is 0 Å². The fourth-order valence-electron chi connectivity index (χ4n) is 4.15. The lowest BCUT2D eigenvalue weighted by molar-refractivity contribution is -0.171. The van der Waals surface area contributed by atoms with E-state index >= 15 is 0 Å². The van der Waals surface area contributed by atoms with Crippen molar-refractivity contribution in [3.05, 3.63) is 71.8 Å². The molecule has 6 N–H and O–H groups in total. The summed E-state index contributed by atoms with van der Waals surface area (Å²) in [6.45, 7) is 7.72. The highest BCUT2D eigenvalue weighted by Gasteiger charge is 2.41. The third kappa shape index (κ3) is 10.3. The molecule has 6 atom stereocenters. The summed E-state index contributed by atoms with van der Waals surface area (Å²) in [6.07, 6.45) is -7.37. The molecule has 0 aliphatic rings. The van der Waals surface area contributed by atoms with Crippen LogP contribution in [0.2, 0.25) is 0 Å². The normalized spacial score (nSPS) is 16.1. The summed E-state index contributed by atoms with van der Waals surface area (Å²) in [5.41, 5.74) is 1.55. The molecule has 2 aromatic rings. The highest BCUT2D eigenvalue weighted by atomic mass is 16.5. The Labute approximate surface area is 237 Å². The fraction of sp³-hybridized carbons (Fsp3) is 0.533. The first kappa shape index (κ1) is 33.3. The summed E-state index contributed by atoms with van der Waals surface area (Å²) < 4.78 is 11.8. The number of amides is 2. The molecule has 10 heteroatoms. The maximum absolute atomic E-state index is 13.4. The van der Waals surface area contributed by atoms with Crippen molar-refractivity contribution in [2.24, 2.45) is 11.8 Å². The molecular formula is C30H46N4O6. The van der Waals surface area contributed by atoms with Crippen molar-refractivity contribution in [1.29, 1.82) is 0 Å². The molecule has 40 heavy (non-hydrogen) atoms. The van der Waals surface area contributed by atoms with Gasteiger partial charge in [-0.05, 0) is 37.1 Å². The van der Waals surface area contributed by atoms with Crippen LogP contribution in [0.5, 0.6) is 0 Å². The molecule has 0 spiro atoms. The highest BCUT2D eigenvalue weighted by molar-refractivity contribution is 5.84. The lowest BCUT2D eigenvalue weighted by atomic mass is 10.00. The summed E-state index contributed by atoms with van der Waals surface area (Å²) in [5, 5.41) is 34.4. The Hall–Kier alpha value is -2.86. The molecule has 0 saturated heterocycles. The van der Waals surface area contributed by atoms with E-state index in [1.54, 1.807) is 14.1 Å². The van der Waals surface area contributed by atoms with Crippen LogP contribution in [0, 0.1) is 11.8 Å². The number of benzene rings is 2. The van der Waals surface area contributed by atoms with E-state index in [0.29, 0.717) is 0 Å². The van der Waals surface area contributed by atoms with Crippen LogP contribution in [0.1, 0.15) is 38.8 Å². The predicted octanol–water partition coefficient (Wildman–Crippen LogP) is 1.51. The van der Waals surface area contributed by atoms with E-state index in [4.69, 9.17) is 9.47 Å². The minimum Gasteiger partial charge on any atom is -0.387 e. The van der Waals surface area contributed by atoms with E-state index in [1.807, 2.05) is 88.4 Å². The maximum atomic E-state index is 13.4. The predicted molar refractivity (Wildman–Crippen MR) is 154 cm³/mol. The molecule has 10 nitrogen and oxygen atoms in total. The zero-order valence-electron chi connectivity index (χ0n) is 24.3. The van der Waals surface area contributed by atoms with E-state index in [0.717, 1.165) is 11.1 Å². The van der Waals surface area contributed by atoms with Gasteiger partial charge >= 0.3 is 0 Å². The van der Waals surface area contributed by atoms with Crippen molar-refractivity contribution < 1.29 is 29.3 Å². The minimum absolute atomic E-state index is 0.00548. The van der Waals surface area contributed by atoms with E-state index < -0.39 is 48.6 Å². The summed E-state index contributed by atoms with van der Waals surface area (Å²) in [6, 6.07) is 18.3. The van der Waals surface area contributed by atoms with Gasteiger partial charge in [-0.2, -0.15) is 0 Å². The Balaban J connectivity index is 2.33. The molecule has 2 amide bonds. The summed E-state index contributed by atoms with van der Waals surface area (Å²) in [7, 11) is 3.42. The summed E-state index contributed by atoms with van der Waals surface area (Å²) in [5.74, 6) is -1.19. The number of aliphatic hydroxyl groups excluding tert-OH is 2. The van der Waals surface area contributed by atoms with Crippen LogP contribution < -0.4 is 21.3 Å². The Bertz CT molecular complexity index is 926. The molecule has 0 aromatic heterocycles. The van der Waals surface area contributed by atoms with Gasteiger partial charge in [0, 0.05) is 0 Å². The van der Waals surface area contributed by atoms with Gasteiger partial charge in [-0.1, -0.05) is 88.4 Å². The molecule has 0 saturated carbocycles. The summed E-state index contributed by atoms with van der Waals surface area (Å²) >= 11 is 0. The standard InChI is InChI=1S/C30H46N4O6/c1-19(2)27(31-5)33-29(37)25(39-17-21-13-9-7-10-14-21)23(35)24(36)26(30(38)34-28(32-6)20(3)4)40-18-22-15-11-8-12-16-22/h7-16,19-20,23-28,31-32,35-36H,17-18H2,1-6H3,(H,33,37)(H,34,38)/t23-,24-,25-,26-,27+,28+/m1/s1. The first-order valence-electron chi connectivity index (χ1n) is 13.7. The van der Waals surface area contributed by atoms with Crippen LogP contribution in [-0.4, -0.2) is 72.9 Å². The van der Waals surface area contributed by atoms with Gasteiger partial charge in [0.25, 0.3) is 11.8 Å². The Morgan fingerprint density at radius 1 is 0.650 bits per heavy atom. The van der Waals surface area contributed by atoms with E-state index in [1.165, 1.54) is 0 Å². The third-order valence-corrected chi connectivity index (χ3v) is 6.58. The molecule has 0 aliphatic carbocycles. The first-order valence-corrected chi connectivity index (χ1v) is 13.7. The van der Waals surface area contributed by atoms with Crippen molar-refractivity contribution in [3.8, 4) is 0 Å². The molecule has 2 aromatic carbocycles. The molecule has 0 unspecified atom stereocenters. The first-order chi connectivity index (χ1) is 19.1. The molecular weight excluding hydrogens is 512 g/mol. The number of nitrogens with one attached hydrogen (secondary N) is 4. The molecule has 0 radical (unpaired) electrons. The smallest absolute Gasteiger partial charge is 0.253 e. The second-order valence-electron chi connectivity index (χ2n) is 10.5. The van der Waals surface area contributed by atoms with Crippen LogP contribution in [0.4, 0.5) is 0 Å². The average Bonchev–Trinajstić information content (AvgIpc) is 2.95. The lowest BCUT2D eigenvalue weighted by Gasteiger charge is -2.33. The highest BCUT2D eigenvalue weighted by Crippen LogP contribution is 2.17. The maximum Gasteiger partial charge on any atom is 0.253 e. The van der Waals surface area contributed by atoms with Gasteiger partial charge < -0.3 is 41.0 Å². The number of hydrogen-bond donors (Lipinski definition) is 6. The second-order valence-corrected chi connectivity index (χ2v) is 10.5. The van der Waals surface area contributed by atoms with Gasteiger partial charge in [0.1, 0.15) is 12.2 Å². The second kappa shape index (κ2) is 17.1. The van der Waals surface area contributed by atoms with Gasteiger partial charge in [-0.15, -0.1) is 0 Å². The number of carbonyl (C=O) groups is 2. The van der Waals surface area contributed by atoms with E-state index in [-0.39, 0.29) is 25.0 Å². The zero-order valence-corrected chi connectivity index (χ0v) is 24.3. The van der Waals surface area contributed by atoms with E-state index in [9.17, 15) is 19.8 Å². The zero-order chi connectivity index (χ0) is 29.7. The number of ether oxygens (including phenoxy) is 2. The van der Waals surface area contributed by atoms with Gasteiger partial charge in [0.15, 0.2) is 12.2 Å². The fourth-order valence-corrected chi connectivity index (χ4v) is 4.15. The Morgan fingerprint density at radius 2 is 0.975 bits per heavy atom. The van der Waals surface area contributed by atoms with Crippen molar-refractivity contribution in [2.45, 2.75) is 77.7 Å². The summed E-state index contributed by atoms with van der Waals surface area (Å²) in [4.78, 5) is 26.7. The monoisotopic (exact) mass is 558 g/mol. The molecule has 0 bridgehead atoms. The molecule has 2 rings (SSSR count). The van der Waals surface area contributed by atoms with Crippen molar-refractivity contribution in [2.75, 3.05) is 14.1 Å². The molecule has 222 valence electrons. The van der Waals surface area contributed by atoms with Gasteiger partial charge in [0.05, 0.1) is 25.5 Å². The van der Waals surface area contributed by atoms with E-state index in [2.05, 4.69) is 21.3 Å². The largest absolute Gasteiger partial charge is 0.387 e. The number of carbonyl (C=O) groups excluding carboxylic acids is 2. The number of rotatable bonds is 17. The van der Waals surface area contributed by atoms with Crippen molar-refractivity contribution in [1.82, 2.24) is 21.3 Å². The van der Waals surface area contributed by atoms with Crippen LogP contribution >= 0.6 is 0 Å². The Kier molecular flexibility index (Phi) is 14.2. The van der Waals surface area contributed by atoms with Crippen LogP contribution in [0.15, 0.2) is 60.7 Å². The number of aliphatic hydroxyl groups is 2. The van der Waals surface area contributed by atoms with Crippen LogP contribution in [-0.2, 0) is 32.3 Å². The van der Waals surface area contributed by atoms with Gasteiger partial charge in [0.2, 0.25) is 0 Å². The SMILES string of the molecule is CN[C@@H](NC(=O)[C@H](OCc1ccccc1)[C@H](O)[C@@H](O)[C@@H](OCc1ccccc1)C(=O)N[C@H](NC)C(C)C)C(C)C. The number of hydrogen-bond acceptors (Lipinski definition) is 8. The Morgan fingerprint density at radius 3 is 1.25 bits per heavy atom.